The van der Waals surface area contributed by atoms with Crippen LogP contribution in [0.3, 0.4) is 0 Å². The average molecular weight is 468 g/mol. The molecule has 1 aliphatic rings. The largest absolute Gasteiger partial charge is 0.465 e. The van der Waals surface area contributed by atoms with Crippen LogP contribution in [0.5, 0.6) is 11.6 Å². The molecule has 2 N–H and O–H groups in total. The number of nitrogens with one attached hydrogen (secondary N) is 1. The Morgan fingerprint density at radius 2 is 1.73 bits per heavy atom. The number of carbonyl (C=O) groups is 3. The fourth-order valence-corrected chi connectivity index (χ4v) is 3.61. The lowest BCUT2D eigenvalue weighted by Gasteiger charge is -2.20. The molecule has 4 aromatic rings. The monoisotopic (exact) mass is 467 g/mol. The number of ether oxygens (including phenoxy) is 1. The molecule has 10 nitrogen and oxygen atoms in total. The number of nitrogens with zero attached hydrogens (tertiary/aromatic N) is 4. The lowest BCUT2D eigenvalue weighted by atomic mass is 10.1. The minimum absolute atomic E-state index is 0.0301. The molecule has 164 valence electrons. The van der Waals surface area contributed by atoms with Gasteiger partial charge in [0.2, 0.25) is 11.8 Å². The van der Waals surface area contributed by atoms with Crippen molar-refractivity contribution in [1.29, 1.82) is 0 Å². The first-order chi connectivity index (χ1) is 15.8. The molecule has 33 heavy (non-hydrogen) atoms. The zero-order chi connectivity index (χ0) is 23.3. The van der Waals surface area contributed by atoms with Crippen LogP contribution in [0.4, 0.5) is 20.8 Å². The van der Waals surface area contributed by atoms with Crippen LogP contribution < -0.4 is 15.0 Å². The SMILES string of the molecule is O=C(O)Nc1nnc2ccc(N3C(=O)c4ccccc4C3=O)c(Oc3cc(F)ccc3Cl)n12. The lowest BCUT2D eigenvalue weighted by molar-refractivity contribution is 0.0925. The summed E-state index contributed by atoms with van der Waals surface area (Å²) >= 11 is 6.15. The molecule has 0 atom stereocenters. The summed E-state index contributed by atoms with van der Waals surface area (Å²) in [6.45, 7) is 0. The molecule has 0 radical (unpaired) electrons. The predicted molar refractivity (Wildman–Crippen MR) is 114 cm³/mol. The van der Waals surface area contributed by atoms with E-state index in [4.69, 9.17) is 21.4 Å². The number of pyridine rings is 1. The second kappa shape index (κ2) is 7.57. The number of rotatable bonds is 4. The predicted octanol–water partition coefficient (Wildman–Crippen LogP) is 4.20. The van der Waals surface area contributed by atoms with E-state index in [-0.39, 0.29) is 45.1 Å². The van der Waals surface area contributed by atoms with E-state index >= 15 is 0 Å². The van der Waals surface area contributed by atoms with Gasteiger partial charge in [-0.3, -0.25) is 14.9 Å². The molecule has 3 amide bonds. The number of hydrogen-bond acceptors (Lipinski definition) is 6. The lowest BCUT2D eigenvalue weighted by Crippen LogP contribution is -2.30. The van der Waals surface area contributed by atoms with Gasteiger partial charge in [-0.25, -0.2) is 18.5 Å². The summed E-state index contributed by atoms with van der Waals surface area (Å²) in [5.41, 5.74) is 0.443. The van der Waals surface area contributed by atoms with Gasteiger partial charge in [0.05, 0.1) is 16.1 Å². The Bertz CT molecular complexity index is 1450. The van der Waals surface area contributed by atoms with Gasteiger partial charge in [0, 0.05) is 6.07 Å². The molecule has 12 heteroatoms. The number of carbonyl (C=O) groups excluding carboxylic acids is 2. The quantitative estimate of drug-likeness (QED) is 0.430. The van der Waals surface area contributed by atoms with Gasteiger partial charge >= 0.3 is 6.09 Å². The fraction of sp³-hybridized carbons (Fsp3) is 0. The minimum Gasteiger partial charge on any atom is -0.465 e. The van der Waals surface area contributed by atoms with Crippen molar-refractivity contribution in [3.8, 4) is 11.6 Å². The number of fused-ring (bicyclic) bond motifs is 2. The molecule has 0 saturated heterocycles. The summed E-state index contributed by atoms with van der Waals surface area (Å²) in [5, 5.41) is 18.9. The van der Waals surface area contributed by atoms with Crippen LogP contribution in [-0.2, 0) is 0 Å². The topological polar surface area (TPSA) is 126 Å². The van der Waals surface area contributed by atoms with E-state index < -0.39 is 23.7 Å². The van der Waals surface area contributed by atoms with Crippen molar-refractivity contribution in [2.75, 3.05) is 10.2 Å². The maximum absolute atomic E-state index is 13.9. The summed E-state index contributed by atoms with van der Waals surface area (Å²) in [6.07, 6.45) is -1.44. The Labute approximate surface area is 188 Å². The van der Waals surface area contributed by atoms with E-state index in [1.165, 1.54) is 30.3 Å². The van der Waals surface area contributed by atoms with Gasteiger partial charge in [-0.2, -0.15) is 0 Å². The number of anilines is 2. The number of amides is 3. The molecule has 0 aliphatic carbocycles. The van der Waals surface area contributed by atoms with Crippen LogP contribution in [0.25, 0.3) is 5.65 Å². The van der Waals surface area contributed by atoms with Crippen LogP contribution in [-0.4, -0.2) is 37.6 Å². The fourth-order valence-electron chi connectivity index (χ4n) is 3.46. The van der Waals surface area contributed by atoms with Crippen LogP contribution in [0, 0.1) is 5.82 Å². The zero-order valence-electron chi connectivity index (χ0n) is 16.3. The molecular formula is C21H11ClFN5O5. The second-order valence-electron chi connectivity index (χ2n) is 6.84. The van der Waals surface area contributed by atoms with Crippen molar-refractivity contribution in [3.05, 3.63) is 76.6 Å². The summed E-state index contributed by atoms with van der Waals surface area (Å²) < 4.78 is 20.9. The van der Waals surface area contributed by atoms with Gasteiger partial charge in [0.25, 0.3) is 11.8 Å². The van der Waals surface area contributed by atoms with Crippen LogP contribution in [0.2, 0.25) is 5.02 Å². The van der Waals surface area contributed by atoms with Crippen molar-refractivity contribution >= 4 is 46.8 Å². The van der Waals surface area contributed by atoms with Crippen molar-refractivity contribution in [2.45, 2.75) is 0 Å². The Kier molecular flexibility index (Phi) is 4.68. The Hall–Kier alpha value is -4.51. The molecule has 0 spiro atoms. The number of carboxylic acid groups (broad SMARTS) is 1. The third-order valence-corrected chi connectivity index (χ3v) is 5.17. The van der Waals surface area contributed by atoms with Gasteiger partial charge < -0.3 is 9.84 Å². The second-order valence-corrected chi connectivity index (χ2v) is 7.25. The molecule has 0 fully saturated rings. The van der Waals surface area contributed by atoms with E-state index in [0.29, 0.717) is 0 Å². The molecule has 2 aromatic carbocycles. The van der Waals surface area contributed by atoms with E-state index in [2.05, 4.69) is 15.5 Å². The highest BCUT2D eigenvalue weighted by molar-refractivity contribution is 6.35. The summed E-state index contributed by atoms with van der Waals surface area (Å²) in [4.78, 5) is 38.3. The summed E-state index contributed by atoms with van der Waals surface area (Å²) in [5.74, 6) is -2.55. The number of hydrogen-bond donors (Lipinski definition) is 2. The highest BCUT2D eigenvalue weighted by atomic mass is 35.5. The number of halogens is 2. The minimum atomic E-state index is -1.44. The van der Waals surface area contributed by atoms with Gasteiger partial charge in [-0.05, 0) is 36.4 Å². The first-order valence-corrected chi connectivity index (χ1v) is 9.72. The maximum atomic E-state index is 13.9. The van der Waals surface area contributed by atoms with Gasteiger partial charge in [-0.1, -0.05) is 23.7 Å². The van der Waals surface area contributed by atoms with Crippen LogP contribution in [0.1, 0.15) is 20.7 Å². The van der Waals surface area contributed by atoms with E-state index in [0.717, 1.165) is 21.4 Å². The first kappa shape index (κ1) is 20.4. The third kappa shape index (κ3) is 3.31. The van der Waals surface area contributed by atoms with Gasteiger partial charge in [-0.15, -0.1) is 10.2 Å². The van der Waals surface area contributed by atoms with Crippen LogP contribution >= 0.6 is 11.6 Å². The Balaban J connectivity index is 1.75. The summed E-state index contributed by atoms with van der Waals surface area (Å²) in [7, 11) is 0. The number of benzene rings is 2. The van der Waals surface area contributed by atoms with Crippen molar-refractivity contribution in [3.63, 3.8) is 0 Å². The Morgan fingerprint density at radius 1 is 1.03 bits per heavy atom. The zero-order valence-corrected chi connectivity index (χ0v) is 17.1. The molecular weight excluding hydrogens is 457 g/mol. The standard InChI is InChI=1S/C21H11ClFN5O5/c22-13-6-5-10(23)9-15(13)33-19-14(7-8-16-25-26-20(28(16)19)24-21(31)32)27-17(29)11-3-1-2-4-12(11)18(27)30/h1-9H,(H,24,26)(H,31,32). The molecule has 0 bridgehead atoms. The summed E-state index contributed by atoms with van der Waals surface area (Å²) in [6, 6.07) is 12.4. The highest BCUT2D eigenvalue weighted by Gasteiger charge is 2.39. The molecule has 3 heterocycles. The number of aromatic nitrogens is 3. The van der Waals surface area contributed by atoms with Crippen molar-refractivity contribution in [2.24, 2.45) is 0 Å². The molecule has 0 saturated carbocycles. The van der Waals surface area contributed by atoms with Crippen LogP contribution in [0.15, 0.2) is 54.6 Å². The molecule has 5 rings (SSSR count). The third-order valence-electron chi connectivity index (χ3n) is 4.85. The molecule has 1 aliphatic heterocycles. The van der Waals surface area contributed by atoms with E-state index in [1.807, 2.05) is 0 Å². The first-order valence-electron chi connectivity index (χ1n) is 9.34. The maximum Gasteiger partial charge on any atom is 0.411 e. The normalized spacial score (nSPS) is 12.8. The van der Waals surface area contributed by atoms with E-state index in [1.54, 1.807) is 12.1 Å². The van der Waals surface area contributed by atoms with Gasteiger partial charge in [0.1, 0.15) is 11.5 Å². The molecule has 2 aromatic heterocycles. The van der Waals surface area contributed by atoms with E-state index in [9.17, 15) is 18.8 Å². The molecule has 0 unspecified atom stereocenters. The van der Waals surface area contributed by atoms with Crippen molar-refractivity contribution < 1.29 is 28.6 Å². The van der Waals surface area contributed by atoms with Crippen molar-refractivity contribution in [1.82, 2.24) is 14.6 Å². The highest BCUT2D eigenvalue weighted by Crippen LogP contribution is 2.40. The smallest absolute Gasteiger partial charge is 0.411 e. The average Bonchev–Trinajstić information content (AvgIpc) is 3.30. The van der Waals surface area contributed by atoms with Gasteiger partial charge in [0.15, 0.2) is 11.4 Å². The Morgan fingerprint density at radius 3 is 2.39 bits per heavy atom. The number of imide groups is 1.